The fourth-order valence-corrected chi connectivity index (χ4v) is 5.60. The van der Waals surface area contributed by atoms with E-state index in [-0.39, 0.29) is 19.0 Å². The van der Waals surface area contributed by atoms with Crippen LogP contribution in [0.3, 0.4) is 0 Å². The number of nitrogens with zero attached hydrogens (tertiary/aromatic N) is 3. The molecule has 7 heteroatoms. The van der Waals surface area contributed by atoms with Crippen LogP contribution in [0.2, 0.25) is 0 Å². The maximum atomic E-state index is 11.2. The van der Waals surface area contributed by atoms with Crippen LogP contribution in [0.25, 0.3) is 22.8 Å². The highest BCUT2D eigenvalue weighted by Gasteiger charge is 2.29. The topological polar surface area (TPSA) is 97.6 Å². The molecule has 1 heterocycles. The van der Waals surface area contributed by atoms with Gasteiger partial charge in [0.05, 0.1) is 12.2 Å². The third-order valence-electron chi connectivity index (χ3n) is 8.34. The Morgan fingerprint density at radius 1 is 0.800 bits per heavy atom. The van der Waals surface area contributed by atoms with Gasteiger partial charge in [0.2, 0.25) is 0 Å². The lowest BCUT2D eigenvalue weighted by atomic mass is 9.77. The van der Waals surface area contributed by atoms with E-state index in [1.54, 1.807) is 6.07 Å². The van der Waals surface area contributed by atoms with Crippen molar-refractivity contribution in [1.29, 1.82) is 0 Å². The molecule has 240 valence electrons. The van der Waals surface area contributed by atoms with Crippen LogP contribution in [-0.4, -0.2) is 51.1 Å². The Labute approximate surface area is 268 Å². The van der Waals surface area contributed by atoms with Gasteiger partial charge in [0.1, 0.15) is 30.5 Å². The summed E-state index contributed by atoms with van der Waals surface area (Å²) in [5.41, 5.74) is 5.04. The molecule has 0 fully saturated rings. The van der Waals surface area contributed by atoms with Crippen molar-refractivity contribution in [3.63, 3.8) is 0 Å². The summed E-state index contributed by atoms with van der Waals surface area (Å²) in [6.07, 6.45) is 9.19. The first-order chi connectivity index (χ1) is 21.7. The molecule has 45 heavy (non-hydrogen) atoms. The first kappa shape index (κ1) is 34.1. The van der Waals surface area contributed by atoms with Crippen molar-refractivity contribution in [1.82, 2.24) is 15.0 Å². The van der Waals surface area contributed by atoms with Gasteiger partial charge in [-0.1, -0.05) is 113 Å². The minimum Gasteiger partial charge on any atom is -0.507 e. The number of phenols is 1. The molecule has 2 N–H and O–H groups in total. The average Bonchev–Trinajstić information content (AvgIpc) is 3.03. The molecule has 0 aliphatic heterocycles. The van der Waals surface area contributed by atoms with Crippen molar-refractivity contribution in [2.24, 2.45) is 0 Å². The second-order valence-corrected chi connectivity index (χ2v) is 12.5. The molecule has 0 bridgehead atoms. The van der Waals surface area contributed by atoms with Crippen LogP contribution in [0.1, 0.15) is 88.0 Å². The quantitative estimate of drug-likeness (QED) is 0.116. The summed E-state index contributed by atoms with van der Waals surface area (Å²) >= 11 is 0. The zero-order valence-electron chi connectivity index (χ0n) is 27.6. The van der Waals surface area contributed by atoms with E-state index >= 15 is 0 Å². The fraction of sp³-hybridized carbons (Fsp3) is 0.447. The zero-order valence-corrected chi connectivity index (χ0v) is 27.6. The van der Waals surface area contributed by atoms with E-state index in [2.05, 4.69) is 55.9 Å². The summed E-state index contributed by atoms with van der Waals surface area (Å²) in [7, 11) is 0. The third-order valence-corrected chi connectivity index (χ3v) is 8.34. The molecule has 0 saturated heterocycles. The number of hydrogen-bond acceptors (Lipinski definition) is 7. The summed E-state index contributed by atoms with van der Waals surface area (Å²) < 4.78 is 11.9. The fourth-order valence-electron chi connectivity index (χ4n) is 5.60. The Balaban J connectivity index is 1.53. The van der Waals surface area contributed by atoms with Crippen molar-refractivity contribution >= 4 is 0 Å². The molecule has 0 amide bonds. The van der Waals surface area contributed by atoms with Gasteiger partial charge < -0.3 is 19.7 Å². The Morgan fingerprint density at radius 2 is 1.49 bits per heavy atom. The number of benzene rings is 3. The SMILES string of the molecule is CCCCCCCCCOCC(O)COc1cc(O)c(-c2ncnc(-c3ccc(C)cc3C)n2)cc1C(C)(C)c1ccccc1. The van der Waals surface area contributed by atoms with Crippen LogP contribution >= 0.6 is 0 Å². The number of ether oxygens (including phenoxy) is 2. The number of aliphatic hydroxyl groups is 1. The second kappa shape index (κ2) is 16.5. The van der Waals surface area contributed by atoms with Gasteiger partial charge in [0.15, 0.2) is 11.6 Å². The van der Waals surface area contributed by atoms with Gasteiger partial charge in [-0.2, -0.15) is 0 Å². The molecule has 0 spiro atoms. The number of aliphatic hydroxyl groups excluding tert-OH is 1. The van der Waals surface area contributed by atoms with Crippen molar-refractivity contribution in [2.75, 3.05) is 19.8 Å². The van der Waals surface area contributed by atoms with Gasteiger partial charge in [0, 0.05) is 29.2 Å². The molecular weight excluding hydrogens is 562 g/mol. The van der Waals surface area contributed by atoms with E-state index in [9.17, 15) is 10.2 Å². The maximum Gasteiger partial charge on any atom is 0.167 e. The first-order valence-electron chi connectivity index (χ1n) is 16.3. The molecule has 1 aromatic heterocycles. The number of rotatable bonds is 17. The van der Waals surface area contributed by atoms with Crippen molar-refractivity contribution in [2.45, 2.75) is 91.1 Å². The lowest BCUT2D eigenvalue weighted by Crippen LogP contribution is -2.26. The van der Waals surface area contributed by atoms with Crippen LogP contribution in [0.4, 0.5) is 0 Å². The highest BCUT2D eigenvalue weighted by Crippen LogP contribution is 2.43. The molecule has 1 unspecified atom stereocenters. The van der Waals surface area contributed by atoms with Crippen LogP contribution in [0.5, 0.6) is 11.5 Å². The Kier molecular flexibility index (Phi) is 12.5. The minimum absolute atomic E-state index is 0.0138. The average molecular weight is 612 g/mol. The van der Waals surface area contributed by atoms with Gasteiger partial charge in [-0.3, -0.25) is 0 Å². The molecule has 3 aromatic carbocycles. The van der Waals surface area contributed by atoms with Crippen molar-refractivity contribution in [3.8, 4) is 34.3 Å². The smallest absolute Gasteiger partial charge is 0.167 e. The lowest BCUT2D eigenvalue weighted by molar-refractivity contribution is 0.0106. The van der Waals surface area contributed by atoms with Gasteiger partial charge in [-0.15, -0.1) is 0 Å². The summed E-state index contributed by atoms with van der Waals surface area (Å²) in [4.78, 5) is 13.6. The van der Waals surface area contributed by atoms with Gasteiger partial charge >= 0.3 is 0 Å². The first-order valence-corrected chi connectivity index (χ1v) is 16.3. The molecule has 0 radical (unpaired) electrons. The molecule has 4 rings (SSSR count). The van der Waals surface area contributed by atoms with E-state index in [0.717, 1.165) is 40.7 Å². The number of aromatic nitrogens is 3. The van der Waals surface area contributed by atoms with E-state index in [1.807, 2.05) is 43.3 Å². The van der Waals surface area contributed by atoms with Gasteiger partial charge in [0.25, 0.3) is 0 Å². The van der Waals surface area contributed by atoms with E-state index in [0.29, 0.717) is 29.6 Å². The number of aryl methyl sites for hydroxylation is 2. The van der Waals surface area contributed by atoms with E-state index in [4.69, 9.17) is 14.5 Å². The third kappa shape index (κ3) is 9.35. The second-order valence-electron chi connectivity index (χ2n) is 12.5. The minimum atomic E-state index is -0.798. The molecule has 1 atom stereocenters. The van der Waals surface area contributed by atoms with E-state index in [1.165, 1.54) is 38.4 Å². The van der Waals surface area contributed by atoms with Gasteiger partial charge in [-0.25, -0.2) is 15.0 Å². The summed E-state index contributed by atoms with van der Waals surface area (Å²) in [6.45, 7) is 11.4. The van der Waals surface area contributed by atoms with Crippen molar-refractivity contribution < 1.29 is 19.7 Å². The number of hydrogen-bond donors (Lipinski definition) is 2. The summed E-state index contributed by atoms with van der Waals surface area (Å²) in [5.74, 6) is 1.38. The number of aromatic hydroxyl groups is 1. The predicted octanol–water partition coefficient (Wildman–Crippen LogP) is 8.36. The molecule has 0 saturated carbocycles. The maximum absolute atomic E-state index is 11.2. The van der Waals surface area contributed by atoms with Gasteiger partial charge in [-0.05, 0) is 37.5 Å². The molecular formula is C38H49N3O4. The highest BCUT2D eigenvalue weighted by atomic mass is 16.5. The molecule has 7 nitrogen and oxygen atoms in total. The largest absolute Gasteiger partial charge is 0.507 e. The lowest BCUT2D eigenvalue weighted by Gasteiger charge is -2.29. The molecule has 0 aliphatic rings. The Hall–Kier alpha value is -3.81. The Morgan fingerprint density at radius 3 is 2.20 bits per heavy atom. The molecule has 4 aromatic rings. The van der Waals surface area contributed by atoms with Crippen LogP contribution in [-0.2, 0) is 10.2 Å². The zero-order chi connectivity index (χ0) is 32.2. The normalized spacial score (nSPS) is 12.3. The van der Waals surface area contributed by atoms with Crippen LogP contribution < -0.4 is 4.74 Å². The van der Waals surface area contributed by atoms with Crippen LogP contribution in [0, 0.1) is 13.8 Å². The summed E-state index contributed by atoms with van der Waals surface area (Å²) in [5, 5.41) is 21.9. The monoisotopic (exact) mass is 611 g/mol. The molecule has 0 aliphatic carbocycles. The van der Waals surface area contributed by atoms with Crippen molar-refractivity contribution in [3.05, 3.63) is 89.2 Å². The predicted molar refractivity (Wildman–Crippen MR) is 181 cm³/mol. The summed E-state index contributed by atoms with van der Waals surface area (Å²) in [6, 6.07) is 19.8. The van der Waals surface area contributed by atoms with E-state index < -0.39 is 11.5 Å². The standard InChI is InChI=1S/C38H49N3O4/c1-6-7-8-9-10-11-15-20-44-24-30(42)25-45-35-23-34(43)32(22-33(35)38(4,5)29-16-13-12-14-17-29)37-40-26-39-36(41-37)31-19-18-27(2)21-28(31)3/h12-14,16-19,21-23,26,30,42-43H,6-11,15,20,24-25H2,1-5H3. The number of phenolic OH excluding ortho intramolecular Hbond substituents is 1. The number of unbranched alkanes of at least 4 members (excludes halogenated alkanes) is 6. The highest BCUT2D eigenvalue weighted by molar-refractivity contribution is 5.70. The van der Waals surface area contributed by atoms with Crippen LogP contribution in [0.15, 0.2) is 67.0 Å². The Bertz CT molecular complexity index is 1510.